The number of carbonyl (C=O) groups excluding carboxylic acids is 1. The molecule has 12 heavy (non-hydrogen) atoms. The number of nitrogens with one attached hydrogen (secondary N) is 1. The van der Waals surface area contributed by atoms with Crippen LogP contribution >= 0.6 is 0 Å². The third-order valence-electron chi connectivity index (χ3n) is 1.19. The van der Waals surface area contributed by atoms with Crippen molar-refractivity contribution in [1.82, 2.24) is 9.97 Å². The van der Waals surface area contributed by atoms with Crippen molar-refractivity contribution >= 4 is 11.7 Å². The lowest BCUT2D eigenvalue weighted by Crippen LogP contribution is -2.08. The summed E-state index contributed by atoms with van der Waals surface area (Å²) in [7, 11) is 1.49. The van der Waals surface area contributed by atoms with Crippen molar-refractivity contribution in [3.8, 4) is 5.75 Å². The van der Waals surface area contributed by atoms with E-state index in [4.69, 9.17) is 4.74 Å². The average Bonchev–Trinajstić information content (AvgIpc) is 2.04. The number of carbonyl (C=O) groups is 1. The normalized spacial score (nSPS) is 9.17. The second-order valence-corrected chi connectivity index (χ2v) is 2.12. The van der Waals surface area contributed by atoms with Gasteiger partial charge < -0.3 is 10.1 Å². The van der Waals surface area contributed by atoms with Crippen molar-refractivity contribution in [1.29, 1.82) is 0 Å². The molecule has 0 aromatic carbocycles. The molecule has 0 aliphatic carbocycles. The second kappa shape index (κ2) is 3.66. The zero-order chi connectivity index (χ0) is 8.97. The van der Waals surface area contributed by atoms with Crippen LogP contribution in [0.15, 0.2) is 12.5 Å². The molecule has 1 N–H and O–H groups in total. The van der Waals surface area contributed by atoms with Crippen molar-refractivity contribution < 1.29 is 9.53 Å². The van der Waals surface area contributed by atoms with Crippen LogP contribution < -0.4 is 10.1 Å². The molecule has 0 saturated carbocycles. The van der Waals surface area contributed by atoms with Gasteiger partial charge in [-0.2, -0.15) is 0 Å². The molecule has 1 heterocycles. The third-order valence-corrected chi connectivity index (χ3v) is 1.19. The van der Waals surface area contributed by atoms with Crippen LogP contribution in [0.3, 0.4) is 0 Å². The van der Waals surface area contributed by atoms with Crippen LogP contribution in [0.1, 0.15) is 6.92 Å². The van der Waals surface area contributed by atoms with Gasteiger partial charge in [0.1, 0.15) is 6.33 Å². The molecule has 0 aliphatic rings. The Kier molecular flexibility index (Phi) is 2.57. The van der Waals surface area contributed by atoms with E-state index >= 15 is 0 Å². The highest BCUT2D eigenvalue weighted by atomic mass is 16.5. The van der Waals surface area contributed by atoms with E-state index in [9.17, 15) is 4.79 Å². The van der Waals surface area contributed by atoms with Gasteiger partial charge in [-0.25, -0.2) is 9.97 Å². The fourth-order valence-electron chi connectivity index (χ4n) is 0.727. The van der Waals surface area contributed by atoms with E-state index in [0.29, 0.717) is 11.6 Å². The Morgan fingerprint density at radius 3 is 3.00 bits per heavy atom. The standard InChI is InChI=1S/C7H9N3O2/c1-5(11)10-7-6(12-2)3-8-4-9-7/h3-4H,1-2H3,(H,8,9,10,11). The molecule has 1 rings (SSSR count). The van der Waals surface area contributed by atoms with Crippen LogP contribution in [-0.4, -0.2) is 23.0 Å². The first-order valence-corrected chi connectivity index (χ1v) is 3.35. The predicted molar refractivity (Wildman–Crippen MR) is 42.9 cm³/mol. The monoisotopic (exact) mass is 167 g/mol. The van der Waals surface area contributed by atoms with E-state index < -0.39 is 0 Å². The summed E-state index contributed by atoms with van der Waals surface area (Å²) in [6.07, 6.45) is 2.83. The Balaban J connectivity index is 2.89. The number of methoxy groups -OCH3 is 1. The summed E-state index contributed by atoms with van der Waals surface area (Å²) in [5, 5.41) is 2.51. The van der Waals surface area contributed by atoms with Crippen molar-refractivity contribution in [3.05, 3.63) is 12.5 Å². The summed E-state index contributed by atoms with van der Waals surface area (Å²) in [5.74, 6) is 0.653. The van der Waals surface area contributed by atoms with Gasteiger partial charge in [-0.05, 0) is 0 Å². The second-order valence-electron chi connectivity index (χ2n) is 2.12. The zero-order valence-corrected chi connectivity index (χ0v) is 6.87. The van der Waals surface area contributed by atoms with E-state index in [-0.39, 0.29) is 5.91 Å². The first-order valence-electron chi connectivity index (χ1n) is 3.35. The molecule has 0 aliphatic heterocycles. The molecule has 1 aromatic heterocycles. The minimum absolute atomic E-state index is 0.188. The van der Waals surface area contributed by atoms with Gasteiger partial charge in [0, 0.05) is 6.92 Å². The highest BCUT2D eigenvalue weighted by Gasteiger charge is 2.03. The molecule has 0 radical (unpaired) electrons. The molecule has 64 valence electrons. The fraction of sp³-hybridized carbons (Fsp3) is 0.286. The minimum atomic E-state index is -0.188. The third kappa shape index (κ3) is 1.91. The van der Waals surface area contributed by atoms with Crippen LogP contribution in [-0.2, 0) is 4.79 Å². The number of hydrogen-bond donors (Lipinski definition) is 1. The van der Waals surface area contributed by atoms with Gasteiger partial charge in [0.15, 0.2) is 11.6 Å². The highest BCUT2D eigenvalue weighted by Crippen LogP contribution is 2.17. The molecule has 5 heteroatoms. The zero-order valence-electron chi connectivity index (χ0n) is 6.87. The number of anilines is 1. The van der Waals surface area contributed by atoms with E-state index in [1.807, 2.05) is 0 Å². The number of ether oxygens (including phenoxy) is 1. The predicted octanol–water partition coefficient (Wildman–Crippen LogP) is 0.444. The molecule has 1 amide bonds. The van der Waals surface area contributed by atoms with Gasteiger partial charge in [-0.1, -0.05) is 0 Å². The van der Waals surface area contributed by atoms with Crippen LogP contribution in [0.2, 0.25) is 0 Å². The highest BCUT2D eigenvalue weighted by molar-refractivity contribution is 5.88. The Morgan fingerprint density at radius 2 is 2.42 bits per heavy atom. The number of hydrogen-bond acceptors (Lipinski definition) is 4. The molecule has 0 bridgehead atoms. The van der Waals surface area contributed by atoms with Crippen molar-refractivity contribution in [3.63, 3.8) is 0 Å². The first-order chi connectivity index (χ1) is 5.74. The average molecular weight is 167 g/mol. The molecule has 0 saturated heterocycles. The fourth-order valence-corrected chi connectivity index (χ4v) is 0.727. The quantitative estimate of drug-likeness (QED) is 0.694. The summed E-state index contributed by atoms with van der Waals surface area (Å²) in [6.45, 7) is 1.40. The summed E-state index contributed by atoms with van der Waals surface area (Å²) in [4.78, 5) is 18.2. The number of amides is 1. The van der Waals surface area contributed by atoms with Gasteiger partial charge in [-0.3, -0.25) is 4.79 Å². The molecule has 0 fully saturated rings. The van der Waals surface area contributed by atoms with Crippen LogP contribution in [0.4, 0.5) is 5.82 Å². The van der Waals surface area contributed by atoms with Crippen LogP contribution in [0.5, 0.6) is 5.75 Å². The van der Waals surface area contributed by atoms with E-state index in [0.717, 1.165) is 0 Å². The Bertz CT molecular complexity index is 288. The molecular formula is C7H9N3O2. The molecule has 0 spiro atoms. The maximum Gasteiger partial charge on any atom is 0.222 e. The maximum atomic E-state index is 10.7. The van der Waals surface area contributed by atoms with Crippen molar-refractivity contribution in [2.45, 2.75) is 6.92 Å². The SMILES string of the molecule is COc1cncnc1NC(C)=O. The number of nitrogens with zero attached hydrogens (tertiary/aromatic N) is 2. The van der Waals surface area contributed by atoms with E-state index in [1.165, 1.54) is 26.6 Å². The van der Waals surface area contributed by atoms with E-state index in [2.05, 4.69) is 15.3 Å². The molecular weight excluding hydrogens is 158 g/mol. The van der Waals surface area contributed by atoms with E-state index in [1.54, 1.807) is 0 Å². The Morgan fingerprint density at radius 1 is 1.67 bits per heavy atom. The van der Waals surface area contributed by atoms with Gasteiger partial charge >= 0.3 is 0 Å². The first kappa shape index (κ1) is 8.45. The summed E-state index contributed by atoms with van der Waals surface area (Å²) < 4.78 is 4.91. The number of rotatable bonds is 2. The summed E-state index contributed by atoms with van der Waals surface area (Å²) in [6, 6.07) is 0. The van der Waals surface area contributed by atoms with Gasteiger partial charge in [0.05, 0.1) is 13.3 Å². The van der Waals surface area contributed by atoms with Crippen molar-refractivity contribution in [2.24, 2.45) is 0 Å². The van der Waals surface area contributed by atoms with Crippen LogP contribution in [0.25, 0.3) is 0 Å². The molecule has 1 aromatic rings. The summed E-state index contributed by atoms with van der Waals surface area (Å²) >= 11 is 0. The lowest BCUT2D eigenvalue weighted by Gasteiger charge is -2.04. The lowest BCUT2D eigenvalue weighted by atomic mass is 10.5. The molecule has 0 atom stereocenters. The van der Waals surface area contributed by atoms with Gasteiger partial charge in [0.2, 0.25) is 5.91 Å². The summed E-state index contributed by atoms with van der Waals surface area (Å²) in [5.41, 5.74) is 0. The molecule has 0 unspecified atom stereocenters. The van der Waals surface area contributed by atoms with Gasteiger partial charge in [0.25, 0.3) is 0 Å². The lowest BCUT2D eigenvalue weighted by molar-refractivity contribution is -0.114. The smallest absolute Gasteiger partial charge is 0.222 e. The van der Waals surface area contributed by atoms with Crippen molar-refractivity contribution in [2.75, 3.05) is 12.4 Å². The van der Waals surface area contributed by atoms with Gasteiger partial charge in [-0.15, -0.1) is 0 Å². The molecule has 5 nitrogen and oxygen atoms in total. The van der Waals surface area contributed by atoms with Crippen LogP contribution in [0, 0.1) is 0 Å². The Labute approximate surface area is 69.8 Å². The topological polar surface area (TPSA) is 64.1 Å². The minimum Gasteiger partial charge on any atom is -0.491 e. The Hall–Kier alpha value is -1.65. The number of aromatic nitrogens is 2. The maximum absolute atomic E-state index is 10.7. The largest absolute Gasteiger partial charge is 0.491 e.